The molecule has 0 aliphatic rings. The van der Waals surface area contributed by atoms with Gasteiger partial charge in [-0.05, 0) is 32.1 Å². The summed E-state index contributed by atoms with van der Waals surface area (Å²) in [6.07, 6.45) is 28.8. The summed E-state index contributed by atoms with van der Waals surface area (Å²) in [5, 5.41) is 8.63. The summed E-state index contributed by atoms with van der Waals surface area (Å²) >= 11 is 0. The van der Waals surface area contributed by atoms with Crippen molar-refractivity contribution in [2.24, 2.45) is 0 Å². The highest BCUT2D eigenvalue weighted by Gasteiger charge is 2.13. The van der Waals surface area contributed by atoms with Crippen LogP contribution >= 0.6 is 0 Å². The van der Waals surface area contributed by atoms with E-state index in [1.807, 2.05) is 0 Å². The van der Waals surface area contributed by atoms with Crippen LogP contribution < -0.4 is 0 Å². The molecule has 3 nitrogen and oxygen atoms in total. The fraction of sp³-hybridized carbons (Fsp3) is 0.964. The van der Waals surface area contributed by atoms with E-state index in [1.165, 1.54) is 140 Å². The lowest BCUT2D eigenvalue weighted by Gasteiger charge is -2.30. The van der Waals surface area contributed by atoms with Gasteiger partial charge in [0.15, 0.2) is 0 Å². The third kappa shape index (κ3) is 25.6. The maximum absolute atomic E-state index is 10.5. The molecule has 0 heterocycles. The Hall–Kier alpha value is -0.570. The molecule has 0 rings (SSSR count). The summed E-state index contributed by atoms with van der Waals surface area (Å²) in [6, 6.07) is 0. The second-order valence-electron chi connectivity index (χ2n) is 10.6. The number of quaternary nitrogens is 1. The minimum atomic E-state index is -0.653. The minimum absolute atomic E-state index is 0.340. The average molecular weight is 441 g/mol. The van der Waals surface area contributed by atoms with Crippen LogP contribution in [0.15, 0.2) is 0 Å². The van der Waals surface area contributed by atoms with E-state index in [9.17, 15) is 4.79 Å². The van der Waals surface area contributed by atoms with Crippen LogP contribution in [-0.4, -0.2) is 42.7 Å². The summed E-state index contributed by atoms with van der Waals surface area (Å²) in [4.78, 5) is 10.5. The maximum atomic E-state index is 10.5. The number of rotatable bonds is 25. The van der Waals surface area contributed by atoms with E-state index in [0.717, 1.165) is 12.8 Å². The van der Waals surface area contributed by atoms with E-state index < -0.39 is 5.97 Å². The largest absolute Gasteiger partial charge is 0.481 e. The summed E-state index contributed by atoms with van der Waals surface area (Å²) in [7, 11) is 4.81. The first-order valence-corrected chi connectivity index (χ1v) is 14.0. The van der Waals surface area contributed by atoms with Gasteiger partial charge < -0.3 is 9.59 Å². The van der Waals surface area contributed by atoms with Crippen LogP contribution in [0, 0.1) is 0 Å². The molecule has 0 saturated carbocycles. The lowest BCUT2D eigenvalue weighted by Crippen LogP contribution is -2.41. The van der Waals surface area contributed by atoms with Gasteiger partial charge in [-0.15, -0.1) is 0 Å². The molecule has 0 aromatic carbocycles. The van der Waals surface area contributed by atoms with Crippen LogP contribution in [0.5, 0.6) is 0 Å². The van der Waals surface area contributed by atoms with Crippen LogP contribution in [0.2, 0.25) is 0 Å². The first kappa shape index (κ1) is 30.4. The maximum Gasteiger partial charge on any atom is 0.303 e. The summed E-state index contributed by atoms with van der Waals surface area (Å²) in [5.41, 5.74) is 0. The van der Waals surface area contributed by atoms with Gasteiger partial charge in [-0.25, -0.2) is 0 Å². The molecule has 0 atom stereocenters. The van der Waals surface area contributed by atoms with Crippen molar-refractivity contribution in [1.29, 1.82) is 0 Å². The lowest BCUT2D eigenvalue weighted by atomic mass is 10.0. The number of carboxylic acid groups (broad SMARTS) is 1. The van der Waals surface area contributed by atoms with E-state index in [1.54, 1.807) is 0 Å². The third-order valence-electron chi connectivity index (χ3n) is 6.77. The number of unbranched alkanes of at least 4 members (excludes halogenated alkanes) is 19. The molecule has 0 unspecified atom stereocenters. The number of hydrogen-bond donors (Lipinski definition) is 1. The van der Waals surface area contributed by atoms with Gasteiger partial charge in [-0.1, -0.05) is 110 Å². The van der Waals surface area contributed by atoms with Gasteiger partial charge in [0.1, 0.15) is 0 Å². The molecule has 31 heavy (non-hydrogen) atoms. The van der Waals surface area contributed by atoms with E-state index in [2.05, 4.69) is 21.0 Å². The van der Waals surface area contributed by atoms with Gasteiger partial charge in [0, 0.05) is 6.42 Å². The van der Waals surface area contributed by atoms with Gasteiger partial charge in [0.25, 0.3) is 0 Å². The summed E-state index contributed by atoms with van der Waals surface area (Å²) < 4.78 is 1.19. The predicted molar refractivity (Wildman–Crippen MR) is 137 cm³/mol. The molecule has 0 bridgehead atoms. The Morgan fingerprint density at radius 1 is 0.516 bits per heavy atom. The first-order chi connectivity index (χ1) is 15.0. The second kappa shape index (κ2) is 22.6. The van der Waals surface area contributed by atoms with Crippen LogP contribution in [0.4, 0.5) is 0 Å². The fourth-order valence-electron chi connectivity index (χ4n) is 4.55. The van der Waals surface area contributed by atoms with Gasteiger partial charge in [-0.3, -0.25) is 4.79 Å². The Morgan fingerprint density at radius 3 is 1.13 bits per heavy atom. The number of aliphatic carboxylic acids is 1. The molecule has 0 aliphatic heterocycles. The smallest absolute Gasteiger partial charge is 0.303 e. The fourth-order valence-corrected chi connectivity index (χ4v) is 4.55. The van der Waals surface area contributed by atoms with Crippen molar-refractivity contribution in [3.63, 3.8) is 0 Å². The standard InChI is InChI=1S/C28H57NO2/c1-4-5-6-7-8-9-10-11-12-14-17-20-23-26-29(2,3)27-24-21-18-15-13-16-19-22-25-28(30)31/h4-27H2,1-3H3/p+1. The van der Waals surface area contributed by atoms with E-state index >= 15 is 0 Å². The van der Waals surface area contributed by atoms with Gasteiger partial charge in [0.2, 0.25) is 0 Å². The SMILES string of the molecule is CCCCCCCCCCCCCCC[N+](C)(C)CCCCCCCCCCC(=O)O. The van der Waals surface area contributed by atoms with Crippen molar-refractivity contribution in [3.8, 4) is 0 Å². The van der Waals surface area contributed by atoms with Crippen molar-refractivity contribution >= 4 is 5.97 Å². The van der Waals surface area contributed by atoms with Crippen molar-refractivity contribution in [1.82, 2.24) is 0 Å². The van der Waals surface area contributed by atoms with E-state index in [0.29, 0.717) is 6.42 Å². The number of carbonyl (C=O) groups is 1. The molecule has 0 aliphatic carbocycles. The molecule has 1 N–H and O–H groups in total. The summed E-state index contributed by atoms with van der Waals surface area (Å²) in [6.45, 7) is 4.94. The van der Waals surface area contributed by atoms with Crippen LogP contribution in [0.25, 0.3) is 0 Å². The highest BCUT2D eigenvalue weighted by atomic mass is 16.4. The van der Waals surface area contributed by atoms with E-state index in [-0.39, 0.29) is 0 Å². The molecule has 186 valence electrons. The number of nitrogens with zero attached hydrogens (tertiary/aromatic N) is 1. The molecule has 0 fully saturated rings. The Bertz CT molecular complexity index is 381. The third-order valence-corrected chi connectivity index (χ3v) is 6.77. The summed E-state index contributed by atoms with van der Waals surface area (Å²) in [5.74, 6) is -0.653. The first-order valence-electron chi connectivity index (χ1n) is 14.0. The Balaban J connectivity index is 3.31. The van der Waals surface area contributed by atoms with E-state index in [4.69, 9.17) is 5.11 Å². The van der Waals surface area contributed by atoms with Crippen LogP contribution in [0.3, 0.4) is 0 Å². The highest BCUT2D eigenvalue weighted by molar-refractivity contribution is 5.66. The molecule has 0 spiro atoms. The second-order valence-corrected chi connectivity index (χ2v) is 10.6. The predicted octanol–water partition coefficient (Wildman–Crippen LogP) is 8.75. The Morgan fingerprint density at radius 2 is 0.806 bits per heavy atom. The average Bonchev–Trinajstić information content (AvgIpc) is 2.72. The van der Waals surface area contributed by atoms with Crippen molar-refractivity contribution < 1.29 is 14.4 Å². The molecular weight excluding hydrogens is 382 g/mol. The zero-order valence-electron chi connectivity index (χ0n) is 21.8. The zero-order valence-corrected chi connectivity index (χ0v) is 21.8. The monoisotopic (exact) mass is 440 g/mol. The number of hydrogen-bond acceptors (Lipinski definition) is 1. The van der Waals surface area contributed by atoms with Gasteiger partial charge in [-0.2, -0.15) is 0 Å². The van der Waals surface area contributed by atoms with Gasteiger partial charge in [0.05, 0.1) is 27.2 Å². The quantitative estimate of drug-likeness (QED) is 0.114. The van der Waals surface area contributed by atoms with Crippen molar-refractivity contribution in [3.05, 3.63) is 0 Å². The molecule has 0 saturated heterocycles. The molecular formula is C28H58NO2+. The normalized spacial score (nSPS) is 11.8. The van der Waals surface area contributed by atoms with Crippen molar-refractivity contribution in [2.75, 3.05) is 27.2 Å². The molecule has 0 aromatic rings. The highest BCUT2D eigenvalue weighted by Crippen LogP contribution is 2.14. The lowest BCUT2D eigenvalue weighted by molar-refractivity contribution is -0.890. The van der Waals surface area contributed by atoms with Crippen molar-refractivity contribution in [2.45, 2.75) is 148 Å². The van der Waals surface area contributed by atoms with Crippen LogP contribution in [-0.2, 0) is 4.79 Å². The number of carboxylic acids is 1. The van der Waals surface area contributed by atoms with Crippen LogP contribution in [0.1, 0.15) is 148 Å². The zero-order chi connectivity index (χ0) is 23.0. The molecule has 0 radical (unpaired) electrons. The molecule has 0 amide bonds. The minimum Gasteiger partial charge on any atom is -0.481 e. The van der Waals surface area contributed by atoms with Gasteiger partial charge >= 0.3 is 5.97 Å². The Labute approximate surface area is 196 Å². The Kier molecular flexibility index (Phi) is 22.2. The topological polar surface area (TPSA) is 37.3 Å². The molecule has 0 aromatic heterocycles. The molecule has 3 heteroatoms.